The molecule has 1 aromatic heterocycles. The third kappa shape index (κ3) is 3.29. The number of rotatable bonds is 5. The van der Waals surface area contributed by atoms with Gasteiger partial charge in [0.25, 0.3) is 0 Å². The topological polar surface area (TPSA) is 36.4 Å². The number of anilines is 1. The van der Waals surface area contributed by atoms with E-state index in [-0.39, 0.29) is 12.0 Å². The van der Waals surface area contributed by atoms with Crippen molar-refractivity contribution in [3.05, 3.63) is 10.6 Å². The Morgan fingerprint density at radius 3 is 2.42 bits per heavy atom. The molecule has 0 aromatic carbocycles. The van der Waals surface area contributed by atoms with E-state index in [1.165, 1.54) is 19.3 Å². The van der Waals surface area contributed by atoms with Crippen molar-refractivity contribution in [2.75, 3.05) is 18.0 Å². The van der Waals surface area contributed by atoms with E-state index in [1.807, 2.05) is 0 Å². The number of hydrogen-bond acceptors (Lipinski definition) is 4. The van der Waals surface area contributed by atoms with E-state index in [9.17, 15) is 5.11 Å². The molecule has 1 aliphatic carbocycles. The quantitative estimate of drug-likeness (QED) is 0.897. The molecule has 1 N–H and O–H groups in total. The summed E-state index contributed by atoms with van der Waals surface area (Å²) in [5.41, 5.74) is 1.06. The highest BCUT2D eigenvalue weighted by Crippen LogP contribution is 2.35. The first-order valence-electron chi connectivity index (χ1n) is 7.31. The largest absolute Gasteiger partial charge is 0.391 e. The van der Waals surface area contributed by atoms with Crippen LogP contribution in [0.4, 0.5) is 5.13 Å². The van der Waals surface area contributed by atoms with Gasteiger partial charge in [-0.1, -0.05) is 38.5 Å². The Morgan fingerprint density at radius 1 is 1.37 bits per heavy atom. The number of hydrogen-bond donors (Lipinski definition) is 1. The van der Waals surface area contributed by atoms with Gasteiger partial charge < -0.3 is 10.0 Å². The van der Waals surface area contributed by atoms with Gasteiger partial charge >= 0.3 is 0 Å². The van der Waals surface area contributed by atoms with Crippen molar-refractivity contribution >= 4 is 16.5 Å². The van der Waals surface area contributed by atoms with Crippen molar-refractivity contribution in [1.29, 1.82) is 0 Å². The zero-order valence-corrected chi connectivity index (χ0v) is 13.4. The van der Waals surface area contributed by atoms with E-state index < -0.39 is 0 Å². The van der Waals surface area contributed by atoms with Gasteiger partial charge in [-0.3, -0.25) is 0 Å². The Labute approximate surface area is 120 Å². The summed E-state index contributed by atoms with van der Waals surface area (Å²) >= 11 is 1.66. The second-order valence-electron chi connectivity index (χ2n) is 6.51. The van der Waals surface area contributed by atoms with E-state index in [0.29, 0.717) is 0 Å². The lowest BCUT2D eigenvalue weighted by atomic mass is 9.85. The summed E-state index contributed by atoms with van der Waals surface area (Å²) in [7, 11) is 0. The van der Waals surface area contributed by atoms with Crippen molar-refractivity contribution in [3.8, 4) is 0 Å². The Bertz CT molecular complexity index is 418. The smallest absolute Gasteiger partial charge is 0.185 e. The highest BCUT2D eigenvalue weighted by Gasteiger charge is 2.26. The summed E-state index contributed by atoms with van der Waals surface area (Å²) in [5, 5.41) is 10.6. The highest BCUT2D eigenvalue weighted by molar-refractivity contribution is 7.15. The van der Waals surface area contributed by atoms with Crippen LogP contribution in [-0.2, 0) is 12.0 Å². The average Bonchev–Trinajstić information content (AvgIpc) is 2.71. The highest BCUT2D eigenvalue weighted by atomic mass is 32.1. The van der Waals surface area contributed by atoms with Gasteiger partial charge in [-0.05, 0) is 25.7 Å². The zero-order valence-electron chi connectivity index (χ0n) is 12.6. The van der Waals surface area contributed by atoms with Crippen LogP contribution in [0.15, 0.2) is 0 Å². The van der Waals surface area contributed by atoms with Gasteiger partial charge in [-0.2, -0.15) is 0 Å². The van der Waals surface area contributed by atoms with Gasteiger partial charge in [0, 0.05) is 18.5 Å². The summed E-state index contributed by atoms with van der Waals surface area (Å²) in [4.78, 5) is 8.22. The Balaban J connectivity index is 2.20. The molecule has 0 unspecified atom stereocenters. The molecule has 4 heteroatoms. The molecule has 1 fully saturated rings. The maximum Gasteiger partial charge on any atom is 0.185 e. The van der Waals surface area contributed by atoms with Gasteiger partial charge in [0.1, 0.15) is 0 Å². The van der Waals surface area contributed by atoms with Gasteiger partial charge in [0.2, 0.25) is 0 Å². The minimum absolute atomic E-state index is 0.00267. The van der Waals surface area contributed by atoms with Crippen LogP contribution >= 0.6 is 11.3 Å². The summed E-state index contributed by atoms with van der Waals surface area (Å²) in [5.74, 6) is 0.847. The molecule has 0 saturated heterocycles. The lowest BCUT2D eigenvalue weighted by Gasteiger charge is -2.31. The molecule has 1 aliphatic rings. The van der Waals surface area contributed by atoms with Crippen molar-refractivity contribution in [3.63, 3.8) is 0 Å². The van der Waals surface area contributed by atoms with Crippen LogP contribution in [0.2, 0.25) is 0 Å². The van der Waals surface area contributed by atoms with Crippen molar-refractivity contribution in [1.82, 2.24) is 4.98 Å². The number of aromatic nitrogens is 1. The molecule has 108 valence electrons. The average molecular weight is 282 g/mol. The number of nitrogens with zero attached hydrogens (tertiary/aromatic N) is 2. The van der Waals surface area contributed by atoms with Gasteiger partial charge in [-0.25, -0.2) is 4.98 Å². The molecule has 1 saturated carbocycles. The van der Waals surface area contributed by atoms with Crippen LogP contribution in [-0.4, -0.2) is 23.2 Å². The lowest BCUT2D eigenvalue weighted by molar-refractivity contribution is 0.282. The van der Waals surface area contributed by atoms with E-state index in [2.05, 4.69) is 32.6 Å². The molecule has 1 heterocycles. The maximum absolute atomic E-state index is 9.54. The summed E-state index contributed by atoms with van der Waals surface area (Å²) in [6.07, 6.45) is 4.11. The van der Waals surface area contributed by atoms with E-state index >= 15 is 0 Å². The molecule has 0 radical (unpaired) electrons. The number of aliphatic hydroxyl groups excluding tert-OH is 1. The lowest BCUT2D eigenvalue weighted by Crippen LogP contribution is -2.32. The predicted octanol–water partition coefficient (Wildman–Crippen LogP) is 3.56. The second kappa shape index (κ2) is 5.80. The molecule has 3 nitrogen and oxygen atoms in total. The van der Waals surface area contributed by atoms with Gasteiger partial charge in [-0.15, -0.1) is 0 Å². The van der Waals surface area contributed by atoms with Crippen LogP contribution < -0.4 is 4.90 Å². The van der Waals surface area contributed by atoms with E-state index in [1.54, 1.807) is 11.3 Å². The second-order valence-corrected chi connectivity index (χ2v) is 7.57. The summed E-state index contributed by atoms with van der Waals surface area (Å²) in [6, 6.07) is 0. The number of thiazole rings is 1. The van der Waals surface area contributed by atoms with Crippen LogP contribution in [0.25, 0.3) is 0 Å². The van der Waals surface area contributed by atoms with Gasteiger partial charge in [0.15, 0.2) is 5.13 Å². The van der Waals surface area contributed by atoms with Crippen molar-refractivity contribution in [2.45, 2.75) is 59.0 Å². The monoisotopic (exact) mass is 282 g/mol. The third-order valence-corrected chi connectivity index (χ3v) is 5.00. The molecule has 0 spiro atoms. The predicted molar refractivity (Wildman–Crippen MR) is 82.0 cm³/mol. The molecule has 0 bridgehead atoms. The normalized spacial score (nSPS) is 16.5. The molecule has 2 rings (SSSR count). The molecule has 19 heavy (non-hydrogen) atoms. The van der Waals surface area contributed by atoms with E-state index in [4.69, 9.17) is 4.98 Å². The number of aliphatic hydroxyl groups is 1. The minimum Gasteiger partial charge on any atom is -0.391 e. The van der Waals surface area contributed by atoms with Crippen LogP contribution in [0.1, 0.15) is 57.5 Å². The Morgan fingerprint density at radius 2 is 2.05 bits per heavy atom. The molecule has 0 amide bonds. The van der Waals surface area contributed by atoms with E-state index in [0.717, 1.165) is 34.7 Å². The standard InChI is InChI=1S/C15H26N2OS/c1-5-17(9-11-7-6-8-11)14-16-13(15(2,3)4)12(10-18)19-14/h11,18H,5-10H2,1-4H3. The van der Waals surface area contributed by atoms with Crippen LogP contribution in [0, 0.1) is 5.92 Å². The van der Waals surface area contributed by atoms with Gasteiger partial charge in [0.05, 0.1) is 17.2 Å². The van der Waals surface area contributed by atoms with Crippen molar-refractivity contribution < 1.29 is 5.11 Å². The minimum atomic E-state index is 0.00267. The molecule has 0 atom stereocenters. The third-order valence-electron chi connectivity index (χ3n) is 3.90. The van der Waals surface area contributed by atoms with Crippen LogP contribution in [0.5, 0.6) is 0 Å². The fourth-order valence-electron chi connectivity index (χ4n) is 2.50. The van der Waals surface area contributed by atoms with Crippen molar-refractivity contribution in [2.24, 2.45) is 5.92 Å². The first kappa shape index (κ1) is 14.8. The Kier molecular flexibility index (Phi) is 4.51. The van der Waals surface area contributed by atoms with Crippen LogP contribution in [0.3, 0.4) is 0 Å². The Hall–Kier alpha value is -0.610. The molecule has 1 aromatic rings. The molecule has 0 aliphatic heterocycles. The fraction of sp³-hybridized carbons (Fsp3) is 0.800. The fourth-order valence-corrected chi connectivity index (χ4v) is 3.70. The first-order chi connectivity index (χ1) is 8.95. The zero-order chi connectivity index (χ0) is 14.0. The molecular formula is C15H26N2OS. The maximum atomic E-state index is 9.54. The molecular weight excluding hydrogens is 256 g/mol. The summed E-state index contributed by atoms with van der Waals surface area (Å²) in [6.45, 7) is 10.9. The summed E-state index contributed by atoms with van der Waals surface area (Å²) < 4.78 is 0. The SMILES string of the molecule is CCN(CC1CCC1)c1nc(C(C)(C)C)c(CO)s1. The first-order valence-corrected chi connectivity index (χ1v) is 8.13.